The number of benzene rings is 1. The minimum Gasteiger partial charge on any atom is -0.469 e. The summed E-state index contributed by atoms with van der Waals surface area (Å²) in [6.45, 7) is 2.73. The molecule has 0 atom stereocenters. The first-order valence-corrected chi connectivity index (χ1v) is 8.08. The fourth-order valence-corrected chi connectivity index (χ4v) is 2.67. The fourth-order valence-electron chi connectivity index (χ4n) is 2.40. The monoisotopic (exact) mass is 335 g/mol. The average Bonchev–Trinajstić information content (AvgIpc) is 2.83. The number of nitrogens with two attached hydrogens (primary N) is 1. The number of ether oxygens (including phenoxy) is 1. The van der Waals surface area contributed by atoms with Gasteiger partial charge >= 0.3 is 5.97 Å². The smallest absolute Gasteiger partial charge is 0.311 e. The third-order valence-corrected chi connectivity index (χ3v) is 4.02. The molecule has 2 N–H and O–H groups in total. The van der Waals surface area contributed by atoms with Crippen molar-refractivity contribution in [2.24, 2.45) is 0 Å². The molecule has 0 saturated heterocycles. The molecule has 0 unspecified atom stereocenters. The van der Waals surface area contributed by atoms with Crippen molar-refractivity contribution in [1.82, 2.24) is 9.55 Å². The molecule has 0 radical (unpaired) electrons. The predicted molar refractivity (Wildman–Crippen MR) is 91.5 cm³/mol. The lowest BCUT2D eigenvalue weighted by atomic mass is 10.2. The summed E-state index contributed by atoms with van der Waals surface area (Å²) in [6.07, 6.45) is 3.03. The zero-order valence-electron chi connectivity index (χ0n) is 13.5. The Balaban J connectivity index is 2.34. The van der Waals surface area contributed by atoms with E-state index in [-0.39, 0.29) is 12.4 Å². The van der Waals surface area contributed by atoms with Crippen LogP contribution in [0.4, 0.5) is 5.69 Å². The number of rotatable bonds is 7. The minimum atomic E-state index is -0.326. The third-order valence-electron chi connectivity index (χ3n) is 3.72. The fraction of sp³-hybridized carbons (Fsp3) is 0.412. The normalized spacial score (nSPS) is 10.7. The van der Waals surface area contributed by atoms with Crippen molar-refractivity contribution in [3.05, 3.63) is 46.5 Å². The second-order valence-electron chi connectivity index (χ2n) is 5.45. The third kappa shape index (κ3) is 4.48. The van der Waals surface area contributed by atoms with Gasteiger partial charge in [0.2, 0.25) is 0 Å². The molecule has 0 fully saturated rings. The number of hydrogen-bond donors (Lipinski definition) is 1. The van der Waals surface area contributed by atoms with Crippen LogP contribution < -0.4 is 5.73 Å². The Hall–Kier alpha value is -2.01. The van der Waals surface area contributed by atoms with E-state index in [4.69, 9.17) is 22.1 Å². The van der Waals surface area contributed by atoms with Crippen LogP contribution in [-0.4, -0.2) is 22.6 Å². The number of carbonyl (C=O) groups excluding carboxylic acids is 1. The highest BCUT2D eigenvalue weighted by Crippen LogP contribution is 2.22. The van der Waals surface area contributed by atoms with Gasteiger partial charge in [-0.3, -0.25) is 4.79 Å². The number of methoxy groups -OCH3 is 1. The van der Waals surface area contributed by atoms with Gasteiger partial charge in [-0.2, -0.15) is 0 Å². The maximum absolute atomic E-state index is 11.7. The van der Waals surface area contributed by atoms with Crippen LogP contribution in [0.25, 0.3) is 0 Å². The summed E-state index contributed by atoms with van der Waals surface area (Å²) < 4.78 is 6.78. The van der Waals surface area contributed by atoms with E-state index in [1.165, 1.54) is 7.11 Å². The first kappa shape index (κ1) is 17.3. The van der Waals surface area contributed by atoms with Gasteiger partial charge in [0.25, 0.3) is 0 Å². The Labute approximate surface area is 141 Å². The van der Waals surface area contributed by atoms with Crippen molar-refractivity contribution in [1.29, 1.82) is 0 Å². The quantitative estimate of drug-likeness (QED) is 0.623. The molecule has 2 rings (SSSR count). The number of unbranched alkanes of at least 4 members (excludes halogenated alkanes) is 1. The minimum absolute atomic E-state index is 0.115. The molecule has 0 amide bonds. The molecule has 1 aromatic heterocycles. The lowest BCUT2D eigenvalue weighted by Crippen LogP contribution is -2.13. The van der Waals surface area contributed by atoms with Gasteiger partial charge in [0.15, 0.2) is 5.15 Å². The molecule has 1 heterocycles. The maximum atomic E-state index is 11.7. The van der Waals surface area contributed by atoms with Gasteiger partial charge in [0, 0.05) is 18.7 Å². The predicted octanol–water partition coefficient (Wildman–Crippen LogP) is 3.23. The number of halogens is 1. The van der Waals surface area contributed by atoms with Crippen LogP contribution in [0.15, 0.2) is 24.3 Å². The van der Waals surface area contributed by atoms with E-state index >= 15 is 0 Å². The van der Waals surface area contributed by atoms with E-state index in [1.807, 2.05) is 28.8 Å². The van der Waals surface area contributed by atoms with E-state index in [2.05, 4.69) is 11.9 Å². The summed E-state index contributed by atoms with van der Waals surface area (Å²) in [7, 11) is 1.37. The van der Waals surface area contributed by atoms with Crippen LogP contribution in [0.1, 0.15) is 36.8 Å². The summed E-state index contributed by atoms with van der Waals surface area (Å²) in [4.78, 5) is 16.1. The second-order valence-corrected chi connectivity index (χ2v) is 5.81. The van der Waals surface area contributed by atoms with Crippen LogP contribution in [0.2, 0.25) is 5.15 Å². The van der Waals surface area contributed by atoms with Gasteiger partial charge in [0.1, 0.15) is 5.82 Å². The Morgan fingerprint density at radius 1 is 1.35 bits per heavy atom. The highest BCUT2D eigenvalue weighted by atomic mass is 35.5. The van der Waals surface area contributed by atoms with Crippen LogP contribution in [0, 0.1) is 0 Å². The molecule has 1 aromatic carbocycles. The van der Waals surface area contributed by atoms with Gasteiger partial charge in [-0.25, -0.2) is 4.98 Å². The van der Waals surface area contributed by atoms with Crippen molar-refractivity contribution >= 4 is 23.3 Å². The molecule has 124 valence electrons. The van der Waals surface area contributed by atoms with Gasteiger partial charge in [-0.05, 0) is 24.1 Å². The molecule has 6 heteroatoms. The van der Waals surface area contributed by atoms with Gasteiger partial charge in [-0.15, -0.1) is 0 Å². The standard InChI is InChI=1S/C17H22ClN3O2/c1-3-4-5-15-20-17(18)14(10-16(22)23-2)21(15)11-12-6-8-13(19)9-7-12/h6-9H,3-5,10-11,19H2,1-2H3. The number of nitrogen functional groups attached to an aromatic ring is 1. The van der Waals surface area contributed by atoms with Gasteiger partial charge < -0.3 is 15.0 Å². The second kappa shape index (κ2) is 8.02. The van der Waals surface area contributed by atoms with E-state index in [9.17, 15) is 4.79 Å². The first-order chi connectivity index (χ1) is 11.0. The van der Waals surface area contributed by atoms with E-state index in [0.717, 1.165) is 36.3 Å². The number of esters is 1. The largest absolute Gasteiger partial charge is 0.469 e. The molecule has 0 aliphatic heterocycles. The molecule has 5 nitrogen and oxygen atoms in total. The Kier molecular flexibility index (Phi) is 6.04. The highest BCUT2D eigenvalue weighted by molar-refractivity contribution is 6.30. The van der Waals surface area contributed by atoms with Crippen LogP contribution >= 0.6 is 11.6 Å². The summed E-state index contributed by atoms with van der Waals surface area (Å²) in [5, 5.41) is 0.372. The van der Waals surface area contributed by atoms with E-state index in [1.54, 1.807) is 0 Å². The molecule has 2 aromatic rings. The number of hydrogen-bond acceptors (Lipinski definition) is 4. The number of aryl methyl sites for hydroxylation is 1. The van der Waals surface area contributed by atoms with Gasteiger partial charge in [-0.1, -0.05) is 37.1 Å². The average molecular weight is 336 g/mol. The molecule has 0 saturated carbocycles. The van der Waals surface area contributed by atoms with Crippen molar-refractivity contribution in [2.45, 2.75) is 39.2 Å². The number of anilines is 1. The molecule has 23 heavy (non-hydrogen) atoms. The first-order valence-electron chi connectivity index (χ1n) is 7.70. The SMILES string of the molecule is CCCCc1nc(Cl)c(CC(=O)OC)n1Cc1ccc(N)cc1. The van der Waals surface area contributed by atoms with Crippen LogP contribution in [-0.2, 0) is 28.9 Å². The lowest BCUT2D eigenvalue weighted by Gasteiger charge is -2.12. The van der Waals surface area contributed by atoms with Crippen molar-refractivity contribution in [2.75, 3.05) is 12.8 Å². The Bertz CT molecular complexity index is 665. The Morgan fingerprint density at radius 3 is 2.65 bits per heavy atom. The topological polar surface area (TPSA) is 70.1 Å². The molecular formula is C17H22ClN3O2. The van der Waals surface area contributed by atoms with Crippen LogP contribution in [0.5, 0.6) is 0 Å². The number of nitrogens with zero attached hydrogens (tertiary/aromatic N) is 2. The zero-order chi connectivity index (χ0) is 16.8. The van der Waals surface area contributed by atoms with E-state index < -0.39 is 0 Å². The summed E-state index contributed by atoms with van der Waals surface area (Å²) >= 11 is 6.26. The summed E-state index contributed by atoms with van der Waals surface area (Å²) in [5.41, 5.74) is 8.23. The molecule has 0 bridgehead atoms. The summed E-state index contributed by atoms with van der Waals surface area (Å²) in [6, 6.07) is 7.66. The number of aromatic nitrogens is 2. The summed E-state index contributed by atoms with van der Waals surface area (Å²) in [5.74, 6) is 0.569. The van der Waals surface area contributed by atoms with Crippen LogP contribution in [0.3, 0.4) is 0 Å². The molecule has 0 aliphatic carbocycles. The van der Waals surface area contributed by atoms with E-state index in [0.29, 0.717) is 17.4 Å². The highest BCUT2D eigenvalue weighted by Gasteiger charge is 2.18. The lowest BCUT2D eigenvalue weighted by molar-refractivity contribution is -0.139. The van der Waals surface area contributed by atoms with Crippen molar-refractivity contribution < 1.29 is 9.53 Å². The maximum Gasteiger partial charge on any atom is 0.311 e. The molecule has 0 spiro atoms. The molecular weight excluding hydrogens is 314 g/mol. The Morgan fingerprint density at radius 2 is 2.04 bits per heavy atom. The number of imidazole rings is 1. The molecule has 0 aliphatic rings. The van der Waals surface area contributed by atoms with Crippen molar-refractivity contribution in [3.63, 3.8) is 0 Å². The number of carbonyl (C=O) groups is 1. The van der Waals surface area contributed by atoms with Crippen molar-refractivity contribution in [3.8, 4) is 0 Å². The zero-order valence-corrected chi connectivity index (χ0v) is 14.3. The van der Waals surface area contributed by atoms with Gasteiger partial charge in [0.05, 0.1) is 19.2 Å².